The lowest BCUT2D eigenvalue weighted by Crippen LogP contribution is -2.31. The molecule has 0 saturated heterocycles. The number of aryl methyl sites for hydroxylation is 2. The molecule has 0 saturated carbocycles. The molecule has 4 aromatic heterocycles. The maximum atomic E-state index is 13.9. The van der Waals surface area contributed by atoms with E-state index in [1.165, 1.54) is 4.88 Å². The van der Waals surface area contributed by atoms with Crippen LogP contribution in [-0.2, 0) is 6.54 Å². The number of amides is 1. The van der Waals surface area contributed by atoms with Gasteiger partial charge in [0.15, 0.2) is 5.65 Å². The second-order valence-corrected chi connectivity index (χ2v) is 9.76. The Kier molecular flexibility index (Phi) is 6.52. The van der Waals surface area contributed by atoms with Crippen LogP contribution in [0.3, 0.4) is 0 Å². The van der Waals surface area contributed by atoms with Crippen LogP contribution in [-0.4, -0.2) is 37.1 Å². The van der Waals surface area contributed by atoms with Crippen molar-refractivity contribution in [1.29, 1.82) is 5.26 Å². The molecule has 0 aliphatic rings. The van der Waals surface area contributed by atoms with Gasteiger partial charge in [-0.05, 0) is 51.5 Å². The Hall–Kier alpha value is -3.57. The molecule has 4 rings (SSSR count). The molecule has 0 unspecified atom stereocenters. The molecule has 0 aromatic carbocycles. The Morgan fingerprint density at radius 3 is 2.73 bits per heavy atom. The summed E-state index contributed by atoms with van der Waals surface area (Å²) >= 11 is 1.71. The van der Waals surface area contributed by atoms with Crippen molar-refractivity contribution in [2.75, 3.05) is 6.54 Å². The van der Waals surface area contributed by atoms with Crippen molar-refractivity contribution in [3.8, 4) is 17.3 Å². The third kappa shape index (κ3) is 4.64. The lowest BCUT2D eigenvalue weighted by molar-refractivity contribution is 0.0748. The summed E-state index contributed by atoms with van der Waals surface area (Å²) in [5, 5.41) is 14.4. The van der Waals surface area contributed by atoms with Crippen LogP contribution < -0.4 is 0 Å². The second-order valence-electron chi connectivity index (χ2n) is 8.30. The number of nitriles is 1. The predicted octanol–water partition coefficient (Wildman–Crippen LogP) is 5.31. The standard InChI is InChI=1S/C25H26N6OS/c1-16(2)31-24-22(14-28-31)21(12-23(29-24)20-11-17(3)33-18(20)4)25(32)30(10-6-8-26)15-19-7-5-9-27-13-19/h5,7,9,11-14,16H,6,10,15H2,1-4H3. The van der Waals surface area contributed by atoms with Gasteiger partial charge in [-0.25, -0.2) is 9.67 Å². The average Bonchev–Trinajstić information content (AvgIpc) is 3.38. The van der Waals surface area contributed by atoms with Crippen molar-refractivity contribution in [1.82, 2.24) is 24.6 Å². The molecule has 33 heavy (non-hydrogen) atoms. The highest BCUT2D eigenvalue weighted by Crippen LogP contribution is 2.33. The van der Waals surface area contributed by atoms with Gasteiger partial charge in [0.25, 0.3) is 5.91 Å². The molecule has 8 heteroatoms. The van der Waals surface area contributed by atoms with E-state index in [2.05, 4.69) is 36.1 Å². The summed E-state index contributed by atoms with van der Waals surface area (Å²) in [6, 6.07) is 10.0. The molecule has 0 radical (unpaired) electrons. The number of aromatic nitrogens is 4. The zero-order chi connectivity index (χ0) is 23.5. The van der Waals surface area contributed by atoms with Gasteiger partial charge in [-0.2, -0.15) is 10.4 Å². The van der Waals surface area contributed by atoms with Crippen LogP contribution in [0.15, 0.2) is 42.9 Å². The van der Waals surface area contributed by atoms with E-state index >= 15 is 0 Å². The average molecular weight is 459 g/mol. The predicted molar refractivity (Wildman–Crippen MR) is 130 cm³/mol. The number of fused-ring (bicyclic) bond motifs is 1. The number of hydrogen-bond acceptors (Lipinski definition) is 6. The molecule has 0 spiro atoms. The minimum absolute atomic E-state index is 0.101. The third-order valence-electron chi connectivity index (χ3n) is 5.48. The summed E-state index contributed by atoms with van der Waals surface area (Å²) in [4.78, 5) is 27.0. The highest BCUT2D eigenvalue weighted by molar-refractivity contribution is 7.12. The molecule has 168 valence electrons. The van der Waals surface area contributed by atoms with Crippen LogP contribution in [0.25, 0.3) is 22.3 Å². The van der Waals surface area contributed by atoms with E-state index in [4.69, 9.17) is 4.98 Å². The largest absolute Gasteiger partial charge is 0.333 e. The van der Waals surface area contributed by atoms with Gasteiger partial charge in [0, 0.05) is 46.8 Å². The fraction of sp³-hybridized carbons (Fsp3) is 0.320. The molecule has 0 bridgehead atoms. The monoisotopic (exact) mass is 458 g/mol. The lowest BCUT2D eigenvalue weighted by atomic mass is 10.1. The Bertz CT molecular complexity index is 1330. The number of thiophene rings is 1. The van der Waals surface area contributed by atoms with Gasteiger partial charge in [-0.1, -0.05) is 6.07 Å². The molecular formula is C25H26N6OS. The van der Waals surface area contributed by atoms with E-state index in [1.54, 1.807) is 34.8 Å². The first-order valence-electron chi connectivity index (χ1n) is 10.9. The van der Waals surface area contributed by atoms with Crippen LogP contribution in [0.1, 0.15) is 52.0 Å². The van der Waals surface area contributed by atoms with Gasteiger partial charge >= 0.3 is 0 Å². The Labute approximate surface area is 197 Å². The van der Waals surface area contributed by atoms with Gasteiger partial charge in [0.05, 0.1) is 35.3 Å². The zero-order valence-corrected chi connectivity index (χ0v) is 20.1. The molecule has 0 aliphatic carbocycles. The van der Waals surface area contributed by atoms with Crippen molar-refractivity contribution in [3.05, 3.63) is 63.7 Å². The molecule has 4 heterocycles. The maximum Gasteiger partial charge on any atom is 0.255 e. The van der Waals surface area contributed by atoms with E-state index in [0.717, 1.165) is 27.1 Å². The molecule has 0 fully saturated rings. The Morgan fingerprint density at radius 1 is 1.27 bits per heavy atom. The summed E-state index contributed by atoms with van der Waals surface area (Å²) in [5.74, 6) is -0.143. The van der Waals surface area contributed by atoms with Crippen LogP contribution in [0, 0.1) is 25.2 Å². The Morgan fingerprint density at radius 2 is 2.09 bits per heavy atom. The second kappa shape index (κ2) is 9.51. The number of nitrogens with zero attached hydrogens (tertiary/aromatic N) is 6. The Balaban J connectivity index is 1.85. The van der Waals surface area contributed by atoms with Gasteiger partial charge in [-0.15, -0.1) is 11.3 Å². The summed E-state index contributed by atoms with van der Waals surface area (Å²) < 4.78 is 1.85. The van der Waals surface area contributed by atoms with E-state index in [9.17, 15) is 10.1 Å². The van der Waals surface area contributed by atoms with Crippen molar-refractivity contribution in [3.63, 3.8) is 0 Å². The zero-order valence-electron chi connectivity index (χ0n) is 19.2. The number of pyridine rings is 2. The molecule has 7 nitrogen and oxygen atoms in total. The van der Waals surface area contributed by atoms with Crippen molar-refractivity contribution < 1.29 is 4.79 Å². The fourth-order valence-corrected chi connectivity index (χ4v) is 4.85. The summed E-state index contributed by atoms with van der Waals surface area (Å²) in [7, 11) is 0. The van der Waals surface area contributed by atoms with E-state index < -0.39 is 0 Å². The van der Waals surface area contributed by atoms with Crippen LogP contribution in [0.4, 0.5) is 0 Å². The topological polar surface area (TPSA) is 87.7 Å². The van der Waals surface area contributed by atoms with E-state index in [-0.39, 0.29) is 18.4 Å². The van der Waals surface area contributed by atoms with Crippen molar-refractivity contribution >= 4 is 28.3 Å². The lowest BCUT2D eigenvalue weighted by Gasteiger charge is -2.22. The van der Waals surface area contributed by atoms with Gasteiger partial charge in [0.2, 0.25) is 0 Å². The molecule has 0 atom stereocenters. The molecule has 1 amide bonds. The first-order chi connectivity index (χ1) is 15.9. The highest BCUT2D eigenvalue weighted by atomic mass is 32.1. The maximum absolute atomic E-state index is 13.9. The van der Waals surface area contributed by atoms with Gasteiger partial charge < -0.3 is 4.90 Å². The highest BCUT2D eigenvalue weighted by Gasteiger charge is 2.23. The minimum atomic E-state index is -0.143. The minimum Gasteiger partial charge on any atom is -0.333 e. The fourth-order valence-electron chi connectivity index (χ4n) is 3.92. The smallest absolute Gasteiger partial charge is 0.255 e. The quantitative estimate of drug-likeness (QED) is 0.375. The molecular weight excluding hydrogens is 432 g/mol. The van der Waals surface area contributed by atoms with Crippen molar-refractivity contribution in [2.45, 2.75) is 46.7 Å². The van der Waals surface area contributed by atoms with Crippen LogP contribution in [0.2, 0.25) is 0 Å². The summed E-state index contributed by atoms with van der Waals surface area (Å²) in [5.41, 5.74) is 3.94. The molecule has 0 aliphatic heterocycles. The number of carbonyl (C=O) groups excluding carboxylic acids is 1. The third-order valence-corrected chi connectivity index (χ3v) is 6.45. The number of hydrogen-bond donors (Lipinski definition) is 0. The first kappa shape index (κ1) is 22.6. The SMILES string of the molecule is Cc1cc(-c2cc(C(=O)N(CCC#N)Cc3cccnc3)c3cnn(C(C)C)c3n2)c(C)s1. The summed E-state index contributed by atoms with van der Waals surface area (Å²) in [6.07, 6.45) is 5.42. The summed E-state index contributed by atoms with van der Waals surface area (Å²) in [6.45, 7) is 8.94. The van der Waals surface area contributed by atoms with Crippen molar-refractivity contribution in [2.24, 2.45) is 0 Å². The number of rotatable bonds is 7. The first-order valence-corrected chi connectivity index (χ1v) is 11.7. The van der Waals surface area contributed by atoms with Gasteiger partial charge in [-0.3, -0.25) is 9.78 Å². The van der Waals surface area contributed by atoms with E-state index in [1.807, 2.05) is 36.7 Å². The van der Waals surface area contributed by atoms with Crippen LogP contribution in [0.5, 0.6) is 0 Å². The number of carbonyl (C=O) groups is 1. The van der Waals surface area contributed by atoms with Gasteiger partial charge in [0.1, 0.15) is 0 Å². The molecule has 4 aromatic rings. The van der Waals surface area contributed by atoms with E-state index in [0.29, 0.717) is 24.3 Å². The normalized spacial score (nSPS) is 11.2. The molecule has 0 N–H and O–H groups in total. The van der Waals surface area contributed by atoms with Crippen LogP contribution >= 0.6 is 11.3 Å².